The number of unbranched alkanes of at least 4 members (excludes halogenated alkanes) is 18. The van der Waals surface area contributed by atoms with E-state index in [9.17, 15) is 0 Å². The van der Waals surface area contributed by atoms with Crippen molar-refractivity contribution in [2.45, 2.75) is 218 Å². The number of hydrogen-bond acceptors (Lipinski definition) is 3. The molecule has 0 unspecified atom stereocenters. The molecule has 3 fully saturated rings. The Hall–Kier alpha value is -1.16. The zero-order chi connectivity index (χ0) is 34.7. The fourth-order valence-corrected chi connectivity index (χ4v) is 8.66. The molecule has 0 aromatic heterocycles. The van der Waals surface area contributed by atoms with Gasteiger partial charge in [0.05, 0.1) is 0 Å². The fraction of sp³-hybridized carbons (Fsp3) is 0.826. The SMILES string of the molecule is CCCCCC=CCC=CCCCCCCCCC1(CCCCCCCCC=CCC=CCCCCC)CCC2(C1)O[C@@H]1CN(C)C[C@H]1O2. The number of likely N-dealkylation sites (N-methyl/N-ethyl adjacent to an activating group) is 1. The highest BCUT2D eigenvalue weighted by Crippen LogP contribution is 2.56. The Kier molecular flexibility index (Phi) is 22.9. The van der Waals surface area contributed by atoms with Crippen molar-refractivity contribution in [1.29, 1.82) is 0 Å². The maximum Gasteiger partial charge on any atom is 0.169 e. The number of rotatable bonds is 30. The number of ether oxygens (including phenoxy) is 2. The van der Waals surface area contributed by atoms with E-state index in [4.69, 9.17) is 9.47 Å². The summed E-state index contributed by atoms with van der Waals surface area (Å²) in [6, 6.07) is 0. The predicted molar refractivity (Wildman–Crippen MR) is 214 cm³/mol. The summed E-state index contributed by atoms with van der Waals surface area (Å²) >= 11 is 0. The van der Waals surface area contributed by atoms with Gasteiger partial charge in [0.2, 0.25) is 0 Å². The average Bonchev–Trinajstić information content (AvgIpc) is 3.73. The Morgan fingerprint density at radius 3 is 1.31 bits per heavy atom. The van der Waals surface area contributed by atoms with Crippen molar-refractivity contribution in [3.05, 3.63) is 48.6 Å². The molecule has 3 nitrogen and oxygen atoms in total. The van der Waals surface area contributed by atoms with Crippen molar-refractivity contribution in [3.8, 4) is 0 Å². The van der Waals surface area contributed by atoms with E-state index in [0.717, 1.165) is 38.8 Å². The average molecular weight is 680 g/mol. The second kappa shape index (κ2) is 26.6. The van der Waals surface area contributed by atoms with Gasteiger partial charge in [-0.3, -0.25) is 0 Å². The third kappa shape index (κ3) is 18.2. The van der Waals surface area contributed by atoms with Crippen LogP contribution in [0.4, 0.5) is 0 Å². The molecule has 1 spiro atoms. The van der Waals surface area contributed by atoms with Gasteiger partial charge in [-0.05, 0) is 95.9 Å². The lowest BCUT2D eigenvalue weighted by molar-refractivity contribution is -0.183. The van der Waals surface area contributed by atoms with Crippen LogP contribution >= 0.6 is 0 Å². The first-order chi connectivity index (χ1) is 24.1. The van der Waals surface area contributed by atoms with E-state index in [1.54, 1.807) is 0 Å². The van der Waals surface area contributed by atoms with Crippen molar-refractivity contribution < 1.29 is 9.47 Å². The van der Waals surface area contributed by atoms with Crippen LogP contribution in [-0.4, -0.2) is 43.0 Å². The van der Waals surface area contributed by atoms with E-state index in [0.29, 0.717) is 17.6 Å². The van der Waals surface area contributed by atoms with Gasteiger partial charge in [-0.1, -0.05) is 152 Å². The van der Waals surface area contributed by atoms with Crippen molar-refractivity contribution in [2.24, 2.45) is 5.41 Å². The maximum absolute atomic E-state index is 6.74. The van der Waals surface area contributed by atoms with E-state index in [2.05, 4.69) is 74.4 Å². The summed E-state index contributed by atoms with van der Waals surface area (Å²) in [4.78, 5) is 2.37. The number of nitrogens with zero attached hydrogens (tertiary/aromatic N) is 1. The van der Waals surface area contributed by atoms with Crippen LogP contribution in [0.2, 0.25) is 0 Å². The Morgan fingerprint density at radius 2 is 0.878 bits per heavy atom. The molecular formula is C46H81NO2. The number of fused-ring (bicyclic) bond motifs is 1. The van der Waals surface area contributed by atoms with Crippen LogP contribution in [0.1, 0.15) is 200 Å². The van der Waals surface area contributed by atoms with E-state index < -0.39 is 0 Å². The van der Waals surface area contributed by atoms with Gasteiger partial charge >= 0.3 is 0 Å². The molecule has 0 aromatic carbocycles. The largest absolute Gasteiger partial charge is 0.343 e. The Balaban J connectivity index is 1.26. The molecule has 2 heterocycles. The highest BCUT2D eigenvalue weighted by atomic mass is 16.8. The van der Waals surface area contributed by atoms with Crippen LogP contribution in [0.15, 0.2) is 48.6 Å². The van der Waals surface area contributed by atoms with Crippen LogP contribution in [0.5, 0.6) is 0 Å². The van der Waals surface area contributed by atoms with Crippen molar-refractivity contribution in [1.82, 2.24) is 4.90 Å². The lowest BCUT2D eigenvalue weighted by Crippen LogP contribution is -2.33. The molecule has 2 atom stereocenters. The standard InChI is InChI=1S/C46H81NO2/c1-4-6-8-10-12-14-16-18-20-22-24-26-28-30-32-34-36-45(38-39-46(42-45)48-43-40-47(3)41-44(43)49-46)37-35-33-31-29-27-25-23-21-19-17-15-13-11-9-7-5-2/h12-15,18-21,43-44H,4-11,16-17,22-42H2,1-3H3/t43-,44-,45?/m1/s1. The molecular weight excluding hydrogens is 599 g/mol. The zero-order valence-corrected chi connectivity index (χ0v) is 33.0. The van der Waals surface area contributed by atoms with Crippen LogP contribution in [0.25, 0.3) is 0 Å². The van der Waals surface area contributed by atoms with Gasteiger partial charge in [0.1, 0.15) is 12.2 Å². The first-order valence-corrected chi connectivity index (χ1v) is 21.7. The molecule has 49 heavy (non-hydrogen) atoms. The lowest BCUT2D eigenvalue weighted by atomic mass is 9.76. The van der Waals surface area contributed by atoms with Gasteiger partial charge in [0.15, 0.2) is 5.79 Å². The van der Waals surface area contributed by atoms with Crippen LogP contribution in [0.3, 0.4) is 0 Å². The zero-order valence-electron chi connectivity index (χ0n) is 33.0. The van der Waals surface area contributed by atoms with Crippen LogP contribution in [-0.2, 0) is 9.47 Å². The van der Waals surface area contributed by atoms with Gasteiger partial charge in [-0.2, -0.15) is 0 Å². The summed E-state index contributed by atoms with van der Waals surface area (Å²) in [7, 11) is 2.20. The minimum absolute atomic E-state index is 0.271. The molecule has 0 amide bonds. The number of allylic oxidation sites excluding steroid dienone is 8. The predicted octanol–water partition coefficient (Wildman–Crippen LogP) is 14.0. The van der Waals surface area contributed by atoms with Gasteiger partial charge in [-0.25, -0.2) is 0 Å². The second-order valence-corrected chi connectivity index (χ2v) is 16.3. The van der Waals surface area contributed by atoms with Gasteiger partial charge < -0.3 is 14.4 Å². The Bertz CT molecular complexity index is 856. The summed E-state index contributed by atoms with van der Waals surface area (Å²) in [5.74, 6) is -0.271. The summed E-state index contributed by atoms with van der Waals surface area (Å²) in [6.45, 7) is 6.63. The number of hydrogen-bond donors (Lipinski definition) is 0. The number of likely N-dealkylation sites (tertiary alicyclic amines) is 1. The van der Waals surface area contributed by atoms with Gasteiger partial charge in [-0.15, -0.1) is 0 Å². The van der Waals surface area contributed by atoms with Crippen molar-refractivity contribution >= 4 is 0 Å². The van der Waals surface area contributed by atoms with Crippen molar-refractivity contribution in [2.75, 3.05) is 20.1 Å². The molecule has 0 N–H and O–H groups in total. The molecule has 3 aliphatic rings. The van der Waals surface area contributed by atoms with Crippen LogP contribution < -0.4 is 0 Å². The smallest absolute Gasteiger partial charge is 0.169 e. The quantitative estimate of drug-likeness (QED) is 0.0557. The molecule has 1 saturated carbocycles. The molecule has 0 radical (unpaired) electrons. The highest BCUT2D eigenvalue weighted by molar-refractivity contribution is 5.02. The molecule has 282 valence electrons. The molecule has 3 heteroatoms. The molecule has 2 saturated heterocycles. The Labute approximate surface area is 305 Å². The summed E-state index contributed by atoms with van der Waals surface area (Å²) in [6.07, 6.45) is 57.8. The molecule has 0 aromatic rings. The molecule has 1 aliphatic carbocycles. The minimum atomic E-state index is -0.271. The molecule has 0 bridgehead atoms. The molecule has 2 aliphatic heterocycles. The van der Waals surface area contributed by atoms with E-state index in [1.807, 2.05) is 0 Å². The summed E-state index contributed by atoms with van der Waals surface area (Å²) in [5.41, 5.74) is 0.440. The lowest BCUT2D eigenvalue weighted by Gasteiger charge is -2.32. The third-order valence-electron chi connectivity index (χ3n) is 11.6. The monoisotopic (exact) mass is 680 g/mol. The topological polar surface area (TPSA) is 21.7 Å². The van der Waals surface area contributed by atoms with Crippen molar-refractivity contribution in [3.63, 3.8) is 0 Å². The first-order valence-electron chi connectivity index (χ1n) is 21.7. The minimum Gasteiger partial charge on any atom is -0.343 e. The van der Waals surface area contributed by atoms with E-state index >= 15 is 0 Å². The normalized spacial score (nSPS) is 24.0. The van der Waals surface area contributed by atoms with Crippen LogP contribution in [0, 0.1) is 5.41 Å². The van der Waals surface area contributed by atoms with Gasteiger partial charge in [0.25, 0.3) is 0 Å². The Morgan fingerprint density at radius 1 is 0.490 bits per heavy atom. The summed E-state index contributed by atoms with van der Waals surface area (Å²) < 4.78 is 13.5. The van der Waals surface area contributed by atoms with Gasteiger partial charge in [0, 0.05) is 25.9 Å². The molecule has 3 rings (SSSR count). The van der Waals surface area contributed by atoms with E-state index in [1.165, 1.54) is 161 Å². The maximum atomic E-state index is 6.74. The highest BCUT2D eigenvalue weighted by Gasteiger charge is 2.57. The third-order valence-corrected chi connectivity index (χ3v) is 11.6. The fourth-order valence-electron chi connectivity index (χ4n) is 8.66. The summed E-state index contributed by atoms with van der Waals surface area (Å²) in [5, 5.41) is 0. The first kappa shape index (κ1) is 42.3. The van der Waals surface area contributed by atoms with E-state index in [-0.39, 0.29) is 5.79 Å². The second-order valence-electron chi connectivity index (χ2n) is 16.3.